The van der Waals surface area contributed by atoms with Gasteiger partial charge in [-0.2, -0.15) is 8.78 Å². The minimum atomic E-state index is -3.39. The Bertz CT molecular complexity index is 840. The number of alkyl halides is 2. The molecule has 2 atom stereocenters. The predicted molar refractivity (Wildman–Crippen MR) is 102 cm³/mol. The molecular formula is C20H25F2N5O2. The lowest BCUT2D eigenvalue weighted by molar-refractivity contribution is -0.128. The van der Waals surface area contributed by atoms with Gasteiger partial charge in [0.15, 0.2) is 5.82 Å². The fourth-order valence-electron chi connectivity index (χ4n) is 3.46. The molecule has 2 aromatic rings. The van der Waals surface area contributed by atoms with Crippen molar-refractivity contribution in [1.82, 2.24) is 25.1 Å². The molecule has 1 saturated heterocycles. The maximum atomic E-state index is 14.4. The van der Waals surface area contributed by atoms with Crippen molar-refractivity contribution in [2.45, 2.75) is 50.2 Å². The monoisotopic (exact) mass is 405 g/mol. The summed E-state index contributed by atoms with van der Waals surface area (Å²) in [4.78, 5) is 13.9. The number of aromatic nitrogens is 4. The fraction of sp³-hybridized carbons (Fsp3) is 0.500. The Labute approximate surface area is 168 Å². The molecule has 1 aromatic carbocycles. The van der Waals surface area contributed by atoms with E-state index in [1.807, 2.05) is 0 Å². The van der Waals surface area contributed by atoms with Crippen LogP contribution in [0.15, 0.2) is 42.5 Å². The first-order valence-electron chi connectivity index (χ1n) is 9.70. The van der Waals surface area contributed by atoms with Crippen LogP contribution in [0.4, 0.5) is 8.78 Å². The molecular weight excluding hydrogens is 380 g/mol. The Morgan fingerprint density at radius 2 is 2.07 bits per heavy atom. The molecule has 1 amide bonds. The van der Waals surface area contributed by atoms with Gasteiger partial charge in [-0.05, 0) is 29.7 Å². The van der Waals surface area contributed by atoms with Gasteiger partial charge >= 0.3 is 5.92 Å². The number of hydrogen-bond acceptors (Lipinski definition) is 5. The van der Waals surface area contributed by atoms with Crippen LogP contribution in [0.25, 0.3) is 0 Å². The average Bonchev–Trinajstić information content (AvgIpc) is 3.29. The third kappa shape index (κ3) is 5.03. The van der Waals surface area contributed by atoms with Crippen LogP contribution < -0.4 is 0 Å². The summed E-state index contributed by atoms with van der Waals surface area (Å²) in [5, 5.41) is 21.3. The van der Waals surface area contributed by atoms with Crippen LogP contribution in [-0.4, -0.2) is 54.8 Å². The maximum Gasteiger partial charge on any atom is 0.302 e. The van der Waals surface area contributed by atoms with E-state index < -0.39 is 12.0 Å². The van der Waals surface area contributed by atoms with Gasteiger partial charge in [0.1, 0.15) is 6.10 Å². The van der Waals surface area contributed by atoms with Crippen molar-refractivity contribution >= 4 is 5.91 Å². The van der Waals surface area contributed by atoms with Crippen LogP contribution in [-0.2, 0) is 24.2 Å². The number of likely N-dealkylation sites (tertiary alicyclic amines) is 1. The molecule has 156 valence electrons. The van der Waals surface area contributed by atoms with Crippen molar-refractivity contribution in [3.05, 3.63) is 53.9 Å². The molecule has 1 aromatic heterocycles. The number of tetrazole rings is 1. The number of halogens is 2. The number of aliphatic hydroxyl groups excluding tert-OH is 1. The third-order valence-electron chi connectivity index (χ3n) is 5.18. The lowest BCUT2D eigenvalue weighted by Crippen LogP contribution is -2.34. The number of amides is 1. The van der Waals surface area contributed by atoms with E-state index >= 15 is 0 Å². The highest BCUT2D eigenvalue weighted by molar-refractivity contribution is 5.79. The van der Waals surface area contributed by atoms with Gasteiger partial charge in [-0.3, -0.25) is 4.79 Å². The third-order valence-corrected chi connectivity index (χ3v) is 5.18. The number of rotatable bonds is 9. The van der Waals surface area contributed by atoms with Crippen LogP contribution >= 0.6 is 0 Å². The van der Waals surface area contributed by atoms with Gasteiger partial charge in [-0.25, -0.2) is 4.68 Å². The zero-order valence-corrected chi connectivity index (χ0v) is 16.3. The van der Waals surface area contributed by atoms with E-state index in [0.717, 1.165) is 24.7 Å². The van der Waals surface area contributed by atoms with Gasteiger partial charge in [0, 0.05) is 32.0 Å². The first-order chi connectivity index (χ1) is 13.9. The van der Waals surface area contributed by atoms with E-state index in [0.29, 0.717) is 25.8 Å². The number of carbonyl (C=O) groups excluding carboxylic acids is 1. The Balaban J connectivity index is 1.54. The summed E-state index contributed by atoms with van der Waals surface area (Å²) in [6.07, 6.45) is 3.89. The zero-order chi connectivity index (χ0) is 20.9. The van der Waals surface area contributed by atoms with Gasteiger partial charge < -0.3 is 10.0 Å². The molecule has 9 heteroatoms. The van der Waals surface area contributed by atoms with Crippen molar-refractivity contribution in [1.29, 1.82) is 0 Å². The summed E-state index contributed by atoms with van der Waals surface area (Å²) < 4.78 is 30.4. The van der Waals surface area contributed by atoms with Crippen molar-refractivity contribution in [3.63, 3.8) is 0 Å². The number of aryl methyl sites for hydroxylation is 2. The molecule has 29 heavy (non-hydrogen) atoms. The molecule has 0 spiro atoms. The first-order valence-corrected chi connectivity index (χ1v) is 9.70. The highest BCUT2D eigenvalue weighted by Crippen LogP contribution is 2.32. The van der Waals surface area contributed by atoms with E-state index in [1.165, 1.54) is 30.3 Å². The highest BCUT2D eigenvalue weighted by atomic mass is 19.3. The molecule has 1 aliphatic heterocycles. The van der Waals surface area contributed by atoms with Crippen molar-refractivity contribution in [2.75, 3.05) is 6.54 Å². The molecule has 2 heterocycles. The first kappa shape index (κ1) is 21.0. The average molecular weight is 405 g/mol. The Morgan fingerprint density at radius 1 is 1.31 bits per heavy atom. The van der Waals surface area contributed by atoms with Crippen LogP contribution in [0.3, 0.4) is 0 Å². The van der Waals surface area contributed by atoms with Crippen molar-refractivity contribution in [3.8, 4) is 0 Å². The molecule has 1 N–H and O–H groups in total. The van der Waals surface area contributed by atoms with Gasteiger partial charge in [0.2, 0.25) is 5.91 Å². The molecule has 0 radical (unpaired) electrons. The topological polar surface area (TPSA) is 84.1 Å². The van der Waals surface area contributed by atoms with Gasteiger partial charge in [0.25, 0.3) is 0 Å². The smallest absolute Gasteiger partial charge is 0.302 e. The normalized spacial score (nSPS) is 18.7. The molecule has 0 aliphatic carbocycles. The number of nitrogens with zero attached hydrogens (tertiary/aromatic N) is 5. The largest absolute Gasteiger partial charge is 0.382 e. The Hall–Kier alpha value is -2.68. The lowest BCUT2D eigenvalue weighted by Gasteiger charge is -2.24. The minimum Gasteiger partial charge on any atom is -0.382 e. The molecule has 7 nitrogen and oxygen atoms in total. The standard InChI is InChI=1S/C20H25F2N5O2/c1-26-18(23-24-25-26)9-5-6-14-27-16(11-13-19(27)29)10-12-17(28)20(21,22)15-7-3-2-4-8-15/h2-4,7-8,10,12,16-17,28H,5-6,9,11,13-14H2,1H3/b12-10+/t16-,17+/m0/s1. The van der Waals surface area contributed by atoms with Crippen LogP contribution in [0.5, 0.6) is 0 Å². The van der Waals surface area contributed by atoms with Crippen LogP contribution in [0.1, 0.15) is 37.1 Å². The van der Waals surface area contributed by atoms with E-state index in [2.05, 4.69) is 15.5 Å². The fourth-order valence-corrected chi connectivity index (χ4v) is 3.46. The van der Waals surface area contributed by atoms with E-state index in [-0.39, 0.29) is 17.5 Å². The number of unbranched alkanes of at least 4 members (excludes halogenated alkanes) is 1. The molecule has 0 unspecified atom stereocenters. The second-order valence-corrected chi connectivity index (χ2v) is 7.19. The molecule has 1 aliphatic rings. The summed E-state index contributed by atoms with van der Waals surface area (Å²) in [5.74, 6) is -2.61. The van der Waals surface area contributed by atoms with Gasteiger partial charge in [0.05, 0.1) is 6.04 Å². The maximum absolute atomic E-state index is 14.4. The quantitative estimate of drug-likeness (QED) is 0.511. The minimum absolute atomic E-state index is 0.00397. The number of carbonyl (C=O) groups is 1. The van der Waals surface area contributed by atoms with Gasteiger partial charge in [-0.1, -0.05) is 42.5 Å². The molecule has 0 bridgehead atoms. The van der Waals surface area contributed by atoms with Crippen molar-refractivity contribution < 1.29 is 18.7 Å². The van der Waals surface area contributed by atoms with Crippen LogP contribution in [0.2, 0.25) is 0 Å². The molecule has 0 saturated carbocycles. The molecule has 1 fully saturated rings. The number of benzene rings is 1. The summed E-state index contributed by atoms with van der Waals surface area (Å²) in [6.45, 7) is 0.532. The Morgan fingerprint density at radius 3 is 2.76 bits per heavy atom. The lowest BCUT2D eigenvalue weighted by atomic mass is 10.0. The second kappa shape index (κ2) is 9.21. The predicted octanol–water partition coefficient (Wildman–Crippen LogP) is 2.23. The number of aliphatic hydroxyl groups is 1. The van der Waals surface area contributed by atoms with E-state index in [4.69, 9.17) is 0 Å². The Kier molecular flexibility index (Phi) is 6.68. The second-order valence-electron chi connectivity index (χ2n) is 7.19. The zero-order valence-electron chi connectivity index (χ0n) is 16.3. The van der Waals surface area contributed by atoms with E-state index in [1.54, 1.807) is 22.7 Å². The van der Waals surface area contributed by atoms with E-state index in [9.17, 15) is 18.7 Å². The summed E-state index contributed by atoms with van der Waals surface area (Å²) in [6, 6.07) is 6.96. The SMILES string of the molecule is Cn1nnnc1CCCCN1C(=O)CC[C@@H]1/C=C/[C@@H](O)C(F)(F)c1ccccc1. The summed E-state index contributed by atoms with van der Waals surface area (Å²) in [5.41, 5.74) is -0.241. The summed E-state index contributed by atoms with van der Waals surface area (Å²) >= 11 is 0. The molecule has 3 rings (SSSR count). The van der Waals surface area contributed by atoms with Crippen molar-refractivity contribution in [2.24, 2.45) is 7.05 Å². The van der Waals surface area contributed by atoms with Gasteiger partial charge in [-0.15, -0.1) is 5.10 Å². The van der Waals surface area contributed by atoms with Crippen LogP contribution in [0, 0.1) is 0 Å². The summed E-state index contributed by atoms with van der Waals surface area (Å²) in [7, 11) is 1.77. The number of hydrogen-bond donors (Lipinski definition) is 1. The highest BCUT2D eigenvalue weighted by Gasteiger charge is 2.39.